The minimum Gasteiger partial charge on any atom is -0.467 e. The maximum Gasteiger partial charge on any atom is 0.256 e. The molecule has 0 radical (unpaired) electrons. The molecule has 1 aliphatic rings. The average molecular weight is 302 g/mol. The van der Waals surface area contributed by atoms with Crippen molar-refractivity contribution in [2.75, 3.05) is 19.8 Å². The molecule has 1 atom stereocenters. The Morgan fingerprint density at radius 1 is 1.41 bits per heavy atom. The number of furan rings is 1. The summed E-state index contributed by atoms with van der Waals surface area (Å²) < 4.78 is 13.0. The number of carbonyl (C=O) groups excluding carboxylic acids is 1. The Labute approximate surface area is 130 Å². The van der Waals surface area contributed by atoms with Crippen LogP contribution in [0.2, 0.25) is 0 Å². The Hall–Kier alpha value is -2.01. The highest BCUT2D eigenvalue weighted by atomic mass is 16.5. The third-order valence-electron chi connectivity index (χ3n) is 4.33. The first-order valence-electron chi connectivity index (χ1n) is 7.65. The summed E-state index contributed by atoms with van der Waals surface area (Å²) in [6, 6.07) is 5.92. The van der Waals surface area contributed by atoms with E-state index < -0.39 is 0 Å². The SMILES string of the molecule is Cc1cc(C(=O)N2CCOC[C@@H]2C)c(C)n1Cc1ccco1. The number of carbonyl (C=O) groups is 1. The van der Waals surface area contributed by atoms with Gasteiger partial charge in [-0.2, -0.15) is 0 Å². The minimum atomic E-state index is 0.0922. The Kier molecular flexibility index (Phi) is 4.07. The minimum absolute atomic E-state index is 0.0922. The Bertz CT molecular complexity index is 658. The smallest absolute Gasteiger partial charge is 0.256 e. The quantitative estimate of drug-likeness (QED) is 0.875. The zero-order valence-corrected chi connectivity index (χ0v) is 13.3. The molecule has 0 unspecified atom stereocenters. The molecule has 0 N–H and O–H groups in total. The molecule has 22 heavy (non-hydrogen) atoms. The number of nitrogens with zero attached hydrogens (tertiary/aromatic N) is 2. The highest BCUT2D eigenvalue weighted by Crippen LogP contribution is 2.21. The zero-order chi connectivity index (χ0) is 15.7. The molecule has 1 saturated heterocycles. The molecule has 1 amide bonds. The molecule has 1 fully saturated rings. The van der Waals surface area contributed by atoms with Crippen molar-refractivity contribution in [3.8, 4) is 0 Å². The summed E-state index contributed by atoms with van der Waals surface area (Å²) in [5.74, 6) is 0.982. The maximum absolute atomic E-state index is 12.8. The molecule has 2 aromatic rings. The van der Waals surface area contributed by atoms with Gasteiger partial charge in [-0.25, -0.2) is 0 Å². The van der Waals surface area contributed by atoms with Gasteiger partial charge in [0.25, 0.3) is 5.91 Å². The molecule has 0 aliphatic carbocycles. The average Bonchev–Trinajstić information content (AvgIpc) is 3.11. The third-order valence-corrected chi connectivity index (χ3v) is 4.33. The van der Waals surface area contributed by atoms with Crippen LogP contribution in [0.3, 0.4) is 0 Å². The molecule has 5 heteroatoms. The van der Waals surface area contributed by atoms with Gasteiger partial charge in [-0.3, -0.25) is 4.79 Å². The monoisotopic (exact) mass is 302 g/mol. The summed E-state index contributed by atoms with van der Waals surface area (Å²) in [6.07, 6.45) is 1.67. The van der Waals surface area contributed by atoms with Crippen LogP contribution in [0, 0.1) is 13.8 Å². The van der Waals surface area contributed by atoms with Crippen molar-refractivity contribution in [3.63, 3.8) is 0 Å². The number of amides is 1. The molecule has 118 valence electrons. The van der Waals surface area contributed by atoms with Crippen LogP contribution in [0.15, 0.2) is 28.9 Å². The van der Waals surface area contributed by atoms with E-state index in [1.165, 1.54) is 0 Å². The van der Waals surface area contributed by atoms with Gasteiger partial charge in [0.15, 0.2) is 0 Å². The lowest BCUT2D eigenvalue weighted by atomic mass is 10.1. The molecular formula is C17H22N2O3. The highest BCUT2D eigenvalue weighted by molar-refractivity contribution is 5.96. The van der Waals surface area contributed by atoms with Crippen LogP contribution in [0.25, 0.3) is 0 Å². The summed E-state index contributed by atoms with van der Waals surface area (Å²) in [6.45, 7) is 8.57. The van der Waals surface area contributed by atoms with Crippen molar-refractivity contribution in [2.45, 2.75) is 33.4 Å². The van der Waals surface area contributed by atoms with Crippen molar-refractivity contribution in [1.29, 1.82) is 0 Å². The molecule has 0 bridgehead atoms. The second-order valence-electron chi connectivity index (χ2n) is 5.87. The Morgan fingerprint density at radius 2 is 2.23 bits per heavy atom. The zero-order valence-electron chi connectivity index (χ0n) is 13.3. The van der Waals surface area contributed by atoms with Crippen LogP contribution in [0.4, 0.5) is 0 Å². The molecular weight excluding hydrogens is 280 g/mol. The number of rotatable bonds is 3. The summed E-state index contributed by atoms with van der Waals surface area (Å²) >= 11 is 0. The molecule has 3 heterocycles. The maximum atomic E-state index is 12.8. The van der Waals surface area contributed by atoms with Gasteiger partial charge in [0.1, 0.15) is 5.76 Å². The van der Waals surface area contributed by atoms with E-state index in [0.29, 0.717) is 26.3 Å². The second-order valence-corrected chi connectivity index (χ2v) is 5.87. The van der Waals surface area contributed by atoms with Crippen LogP contribution in [-0.4, -0.2) is 41.2 Å². The fourth-order valence-electron chi connectivity index (χ4n) is 3.00. The van der Waals surface area contributed by atoms with Gasteiger partial charge >= 0.3 is 0 Å². The highest BCUT2D eigenvalue weighted by Gasteiger charge is 2.27. The van der Waals surface area contributed by atoms with E-state index in [-0.39, 0.29) is 11.9 Å². The van der Waals surface area contributed by atoms with E-state index >= 15 is 0 Å². The lowest BCUT2D eigenvalue weighted by Gasteiger charge is -2.33. The van der Waals surface area contributed by atoms with Gasteiger partial charge in [-0.05, 0) is 39.0 Å². The van der Waals surface area contributed by atoms with Crippen LogP contribution in [0.5, 0.6) is 0 Å². The van der Waals surface area contributed by atoms with E-state index in [4.69, 9.17) is 9.15 Å². The molecule has 0 saturated carbocycles. The molecule has 2 aromatic heterocycles. The standard InChI is InChI=1S/C17H22N2O3/c1-12-9-16(17(20)18-6-8-21-11-13(18)2)14(3)19(12)10-15-5-4-7-22-15/h4-5,7,9,13H,6,8,10-11H2,1-3H3/t13-/m0/s1. The second kappa shape index (κ2) is 6.01. The molecule has 1 aliphatic heterocycles. The van der Waals surface area contributed by atoms with Gasteiger partial charge < -0.3 is 18.6 Å². The van der Waals surface area contributed by atoms with Crippen LogP contribution in [0.1, 0.15) is 34.4 Å². The first kappa shape index (κ1) is 14.9. The summed E-state index contributed by atoms with van der Waals surface area (Å²) in [4.78, 5) is 14.7. The number of hydrogen-bond donors (Lipinski definition) is 0. The predicted molar refractivity (Wildman–Crippen MR) is 83.0 cm³/mol. The lowest BCUT2D eigenvalue weighted by molar-refractivity contribution is 0.00355. The topological polar surface area (TPSA) is 47.6 Å². The van der Waals surface area contributed by atoms with Gasteiger partial charge in [0.05, 0.1) is 37.6 Å². The van der Waals surface area contributed by atoms with E-state index in [2.05, 4.69) is 4.57 Å². The molecule has 0 aromatic carbocycles. The van der Waals surface area contributed by atoms with Gasteiger partial charge in [-0.1, -0.05) is 0 Å². The van der Waals surface area contributed by atoms with Gasteiger partial charge in [0.2, 0.25) is 0 Å². The van der Waals surface area contributed by atoms with Crippen LogP contribution in [-0.2, 0) is 11.3 Å². The van der Waals surface area contributed by atoms with Crippen molar-refractivity contribution in [3.05, 3.63) is 47.2 Å². The van der Waals surface area contributed by atoms with E-state index in [1.54, 1.807) is 6.26 Å². The molecule has 5 nitrogen and oxygen atoms in total. The molecule has 3 rings (SSSR count). The van der Waals surface area contributed by atoms with Crippen molar-refractivity contribution in [2.24, 2.45) is 0 Å². The van der Waals surface area contributed by atoms with Crippen molar-refractivity contribution in [1.82, 2.24) is 9.47 Å². The van der Waals surface area contributed by atoms with Crippen LogP contribution < -0.4 is 0 Å². The number of hydrogen-bond acceptors (Lipinski definition) is 3. The van der Waals surface area contributed by atoms with Crippen molar-refractivity contribution >= 4 is 5.91 Å². The normalized spacial score (nSPS) is 18.7. The number of aryl methyl sites for hydroxylation is 1. The molecule has 0 spiro atoms. The fourth-order valence-corrected chi connectivity index (χ4v) is 3.00. The number of aromatic nitrogens is 1. The Morgan fingerprint density at radius 3 is 2.91 bits per heavy atom. The summed E-state index contributed by atoms with van der Waals surface area (Å²) in [5.41, 5.74) is 2.83. The van der Waals surface area contributed by atoms with Crippen LogP contribution >= 0.6 is 0 Å². The number of ether oxygens (including phenoxy) is 1. The van der Waals surface area contributed by atoms with E-state index in [9.17, 15) is 4.79 Å². The summed E-state index contributed by atoms with van der Waals surface area (Å²) in [7, 11) is 0. The first-order valence-corrected chi connectivity index (χ1v) is 7.65. The van der Waals surface area contributed by atoms with Crippen molar-refractivity contribution < 1.29 is 13.9 Å². The first-order chi connectivity index (χ1) is 10.6. The summed E-state index contributed by atoms with van der Waals surface area (Å²) in [5, 5.41) is 0. The van der Waals surface area contributed by atoms with Gasteiger partial charge in [-0.15, -0.1) is 0 Å². The van der Waals surface area contributed by atoms with Gasteiger partial charge in [0, 0.05) is 17.9 Å². The Balaban J connectivity index is 1.86. The van der Waals surface area contributed by atoms with E-state index in [1.807, 2.05) is 43.9 Å². The van der Waals surface area contributed by atoms with E-state index in [0.717, 1.165) is 22.7 Å². The predicted octanol–water partition coefficient (Wildman–Crippen LogP) is 2.61. The fraction of sp³-hybridized carbons (Fsp3) is 0.471. The number of morpholine rings is 1. The lowest BCUT2D eigenvalue weighted by Crippen LogP contribution is -2.47. The largest absolute Gasteiger partial charge is 0.467 e. The third kappa shape index (κ3) is 2.68.